The summed E-state index contributed by atoms with van der Waals surface area (Å²) in [4.78, 5) is 0. The molecule has 0 atom stereocenters. The van der Waals surface area contributed by atoms with Gasteiger partial charge in [-0.2, -0.15) is 0 Å². The molecular formula is C6H8As. The van der Waals surface area contributed by atoms with E-state index in [0.29, 0.717) is 0 Å². The van der Waals surface area contributed by atoms with Crippen molar-refractivity contribution in [2.45, 2.75) is 19.3 Å². The van der Waals surface area contributed by atoms with E-state index in [-0.39, 0.29) is 0 Å². The van der Waals surface area contributed by atoms with Crippen LogP contribution in [0.5, 0.6) is 0 Å². The number of hydrogen-bond donors (Lipinski definition) is 0. The molecule has 1 aliphatic carbocycles. The summed E-state index contributed by atoms with van der Waals surface area (Å²) in [7, 11) is 0. The average Bonchev–Trinajstić information content (AvgIpc) is 1.69. The van der Waals surface area contributed by atoms with E-state index in [2.05, 4.69) is 28.6 Å². The molecule has 0 nitrogen and oxygen atoms in total. The van der Waals surface area contributed by atoms with Crippen LogP contribution in [0, 0.1) is 0 Å². The molecule has 0 unspecified atom stereocenters. The Morgan fingerprint density at radius 1 is 1.57 bits per heavy atom. The monoisotopic (exact) mass is 155 g/mol. The van der Waals surface area contributed by atoms with E-state index in [4.69, 9.17) is 0 Å². The van der Waals surface area contributed by atoms with Crippen molar-refractivity contribution in [1.82, 2.24) is 0 Å². The van der Waals surface area contributed by atoms with Crippen molar-refractivity contribution in [2.75, 3.05) is 0 Å². The molecule has 37 valence electrons. The SMILES string of the molecule is [As]=C1C=CCCC1. The van der Waals surface area contributed by atoms with Gasteiger partial charge in [-0.3, -0.25) is 0 Å². The molecule has 1 aliphatic rings. The second-order valence-corrected chi connectivity index (χ2v) is 2.99. The van der Waals surface area contributed by atoms with Gasteiger partial charge in [0.25, 0.3) is 0 Å². The molecule has 0 amide bonds. The molecule has 0 aromatic carbocycles. The Morgan fingerprint density at radius 3 is 2.71 bits per heavy atom. The molecule has 0 aromatic heterocycles. The molecule has 1 heteroatoms. The fourth-order valence-electron chi connectivity index (χ4n) is 0.704. The van der Waals surface area contributed by atoms with Crippen molar-refractivity contribution >= 4 is 20.7 Å². The van der Waals surface area contributed by atoms with Crippen LogP contribution in [0.15, 0.2) is 12.2 Å². The normalized spacial score (nSPS) is 20.3. The van der Waals surface area contributed by atoms with Crippen LogP contribution in [0.25, 0.3) is 0 Å². The van der Waals surface area contributed by atoms with Crippen LogP contribution in [-0.4, -0.2) is 20.7 Å². The Bertz CT molecular complexity index is 103. The summed E-state index contributed by atoms with van der Waals surface area (Å²) < 4.78 is 1.47. The Hall–Kier alpha value is 0.168. The predicted molar refractivity (Wildman–Crippen MR) is 33.8 cm³/mol. The van der Waals surface area contributed by atoms with Gasteiger partial charge in [-0.25, -0.2) is 0 Å². The molecular weight excluding hydrogens is 147 g/mol. The van der Waals surface area contributed by atoms with Crippen LogP contribution in [0.1, 0.15) is 19.3 Å². The Morgan fingerprint density at radius 2 is 2.43 bits per heavy atom. The summed E-state index contributed by atoms with van der Waals surface area (Å²) in [5, 5.41) is 0. The maximum absolute atomic E-state index is 2.60. The van der Waals surface area contributed by atoms with Gasteiger partial charge < -0.3 is 0 Å². The summed E-state index contributed by atoms with van der Waals surface area (Å²) in [6.45, 7) is 0. The van der Waals surface area contributed by atoms with E-state index in [9.17, 15) is 0 Å². The van der Waals surface area contributed by atoms with Crippen molar-refractivity contribution in [1.29, 1.82) is 0 Å². The zero-order valence-corrected chi connectivity index (χ0v) is 6.10. The second kappa shape index (κ2) is 2.47. The van der Waals surface area contributed by atoms with E-state index in [1.165, 1.54) is 23.6 Å². The van der Waals surface area contributed by atoms with Crippen molar-refractivity contribution < 1.29 is 0 Å². The fourth-order valence-corrected chi connectivity index (χ4v) is 1.26. The topological polar surface area (TPSA) is 0 Å². The molecule has 0 bridgehead atoms. The van der Waals surface area contributed by atoms with Crippen LogP contribution < -0.4 is 0 Å². The van der Waals surface area contributed by atoms with Crippen LogP contribution >= 0.6 is 0 Å². The van der Waals surface area contributed by atoms with Gasteiger partial charge in [0, 0.05) is 0 Å². The first-order chi connectivity index (χ1) is 3.39. The summed E-state index contributed by atoms with van der Waals surface area (Å²) in [6.07, 6.45) is 8.35. The molecule has 0 fully saturated rings. The van der Waals surface area contributed by atoms with Crippen LogP contribution in [0.4, 0.5) is 0 Å². The van der Waals surface area contributed by atoms with Gasteiger partial charge in [0.2, 0.25) is 0 Å². The van der Waals surface area contributed by atoms with Crippen LogP contribution in [0.2, 0.25) is 0 Å². The average molecular weight is 155 g/mol. The quantitative estimate of drug-likeness (QED) is 0.459. The second-order valence-electron chi connectivity index (χ2n) is 1.79. The standard InChI is InChI=1S/C6H8As/c7-6-4-2-1-3-5-6/h2,4H,1,3,5H2. The van der Waals surface area contributed by atoms with Crippen LogP contribution in [0.3, 0.4) is 0 Å². The first kappa shape index (κ1) is 5.31. The first-order valence-corrected chi connectivity index (χ1v) is 3.55. The van der Waals surface area contributed by atoms with E-state index in [1.807, 2.05) is 0 Å². The summed E-state index contributed by atoms with van der Waals surface area (Å²) in [5.74, 6) is 0. The fraction of sp³-hybridized carbons (Fsp3) is 0.500. The van der Waals surface area contributed by atoms with Crippen molar-refractivity contribution in [2.24, 2.45) is 0 Å². The molecule has 0 N–H and O–H groups in total. The first-order valence-electron chi connectivity index (χ1n) is 2.61. The van der Waals surface area contributed by atoms with Gasteiger partial charge in [-0.15, -0.1) is 0 Å². The number of rotatable bonds is 0. The summed E-state index contributed by atoms with van der Waals surface area (Å²) in [6, 6.07) is 0. The third kappa shape index (κ3) is 1.61. The third-order valence-electron chi connectivity index (χ3n) is 1.11. The summed E-state index contributed by atoms with van der Waals surface area (Å²) in [5.41, 5.74) is 0. The maximum atomic E-state index is 2.60. The molecule has 0 aliphatic heterocycles. The Labute approximate surface area is 52.6 Å². The van der Waals surface area contributed by atoms with E-state index in [1.54, 1.807) is 0 Å². The van der Waals surface area contributed by atoms with Gasteiger partial charge in [0.15, 0.2) is 0 Å². The van der Waals surface area contributed by atoms with Crippen molar-refractivity contribution in [3.8, 4) is 0 Å². The molecule has 1 radical (unpaired) electrons. The minimum absolute atomic E-state index is 1.28. The van der Waals surface area contributed by atoms with Crippen LogP contribution in [-0.2, 0) is 0 Å². The molecule has 7 heavy (non-hydrogen) atoms. The molecule has 0 aromatic rings. The Balaban J connectivity index is 2.51. The molecule has 0 heterocycles. The van der Waals surface area contributed by atoms with Gasteiger partial charge in [-0.1, -0.05) is 0 Å². The van der Waals surface area contributed by atoms with E-state index >= 15 is 0 Å². The third-order valence-corrected chi connectivity index (χ3v) is 1.90. The predicted octanol–water partition coefficient (Wildman–Crippen LogP) is 1.07. The van der Waals surface area contributed by atoms with Gasteiger partial charge >= 0.3 is 52.1 Å². The minimum atomic E-state index is 1.28. The zero-order chi connectivity index (χ0) is 5.11. The van der Waals surface area contributed by atoms with Gasteiger partial charge in [0.1, 0.15) is 0 Å². The molecule has 0 saturated carbocycles. The van der Waals surface area contributed by atoms with E-state index in [0.717, 1.165) is 0 Å². The molecule has 1 rings (SSSR count). The van der Waals surface area contributed by atoms with Gasteiger partial charge in [-0.05, 0) is 0 Å². The van der Waals surface area contributed by atoms with Crippen molar-refractivity contribution in [3.05, 3.63) is 12.2 Å². The molecule has 0 saturated heterocycles. The number of allylic oxidation sites excluding steroid dienone is 2. The van der Waals surface area contributed by atoms with E-state index < -0.39 is 0 Å². The zero-order valence-electron chi connectivity index (χ0n) is 4.22. The van der Waals surface area contributed by atoms with Crippen molar-refractivity contribution in [3.63, 3.8) is 0 Å². The van der Waals surface area contributed by atoms with Gasteiger partial charge in [0.05, 0.1) is 0 Å². The summed E-state index contributed by atoms with van der Waals surface area (Å²) >= 11 is 2.60. The Kier molecular flexibility index (Phi) is 1.87. The molecule has 0 spiro atoms. The number of hydrogen-bond acceptors (Lipinski definition) is 0.